The molecule has 7 nitrogen and oxygen atoms in total. The second-order valence-electron chi connectivity index (χ2n) is 6.34. The van der Waals surface area contributed by atoms with Crippen molar-refractivity contribution in [1.29, 1.82) is 0 Å². The average Bonchev–Trinajstić information content (AvgIpc) is 3.03. The largest absolute Gasteiger partial charge is 0.388 e. The lowest BCUT2D eigenvalue weighted by Crippen LogP contribution is -2.50. The second-order valence-corrected chi connectivity index (χ2v) is 6.34. The molecule has 2 N–H and O–H groups in total. The van der Waals surface area contributed by atoms with Gasteiger partial charge in [0.05, 0.1) is 18.6 Å². The Morgan fingerprint density at radius 1 is 1.38 bits per heavy atom. The number of β-amino-alcohol motifs (C(OH)–C–C–N with tert-alkyl or cyclic N) is 1. The zero-order chi connectivity index (χ0) is 17.0. The van der Waals surface area contributed by atoms with Gasteiger partial charge in [0.1, 0.15) is 6.33 Å². The molecule has 0 aliphatic carbocycles. The molecule has 7 heteroatoms. The van der Waals surface area contributed by atoms with Crippen LogP contribution in [-0.2, 0) is 11.3 Å². The van der Waals surface area contributed by atoms with Crippen molar-refractivity contribution < 1.29 is 9.90 Å². The highest BCUT2D eigenvalue weighted by molar-refractivity contribution is 5.76. The van der Waals surface area contributed by atoms with Gasteiger partial charge < -0.3 is 10.4 Å². The lowest BCUT2D eigenvalue weighted by atomic mass is 9.89. The normalized spacial score (nSPS) is 21.6. The fourth-order valence-electron chi connectivity index (χ4n) is 3.24. The predicted molar refractivity (Wildman–Crippen MR) is 89.5 cm³/mol. The highest BCUT2D eigenvalue weighted by atomic mass is 16.3. The lowest BCUT2D eigenvalue weighted by molar-refractivity contribution is -0.128. The minimum Gasteiger partial charge on any atom is -0.388 e. The maximum absolute atomic E-state index is 11.6. The van der Waals surface area contributed by atoms with Crippen molar-refractivity contribution in [1.82, 2.24) is 25.0 Å². The Labute approximate surface area is 141 Å². The van der Waals surface area contributed by atoms with E-state index in [4.69, 9.17) is 0 Å². The quantitative estimate of drug-likeness (QED) is 0.845. The first-order valence-corrected chi connectivity index (χ1v) is 8.19. The molecule has 1 fully saturated rings. The van der Waals surface area contributed by atoms with E-state index in [1.165, 1.54) is 0 Å². The summed E-state index contributed by atoms with van der Waals surface area (Å²) >= 11 is 0. The maximum atomic E-state index is 11.6. The Bertz CT molecular complexity index is 687. The Kier molecular flexibility index (Phi) is 4.92. The van der Waals surface area contributed by atoms with Crippen molar-refractivity contribution >= 4 is 5.91 Å². The molecule has 1 aliphatic rings. The smallest absolute Gasteiger partial charge is 0.222 e. The van der Waals surface area contributed by atoms with Gasteiger partial charge in [-0.3, -0.25) is 14.3 Å². The molecule has 24 heavy (non-hydrogen) atoms. The molecule has 128 valence electrons. The summed E-state index contributed by atoms with van der Waals surface area (Å²) in [7, 11) is 1.59. The number of para-hydroxylation sites is 1. The highest BCUT2D eigenvalue weighted by Crippen LogP contribution is 2.25. The Morgan fingerprint density at radius 3 is 2.92 bits per heavy atom. The zero-order valence-corrected chi connectivity index (χ0v) is 13.9. The van der Waals surface area contributed by atoms with Crippen LogP contribution >= 0.6 is 0 Å². The van der Waals surface area contributed by atoms with E-state index in [9.17, 15) is 9.90 Å². The van der Waals surface area contributed by atoms with Crippen LogP contribution in [0, 0.1) is 0 Å². The summed E-state index contributed by atoms with van der Waals surface area (Å²) in [6, 6.07) is 9.93. The van der Waals surface area contributed by atoms with Crippen LogP contribution < -0.4 is 5.32 Å². The van der Waals surface area contributed by atoms with E-state index >= 15 is 0 Å². The first-order valence-electron chi connectivity index (χ1n) is 8.19. The monoisotopic (exact) mass is 329 g/mol. The van der Waals surface area contributed by atoms with Gasteiger partial charge >= 0.3 is 0 Å². The van der Waals surface area contributed by atoms with E-state index in [2.05, 4.69) is 20.4 Å². The fraction of sp³-hybridized carbons (Fsp3) is 0.471. The van der Waals surface area contributed by atoms with Crippen LogP contribution in [0.1, 0.15) is 25.1 Å². The minimum absolute atomic E-state index is 0.130. The number of nitrogens with one attached hydrogen (secondary N) is 1. The number of aliphatic hydroxyl groups is 1. The van der Waals surface area contributed by atoms with Crippen LogP contribution in [0.25, 0.3) is 5.69 Å². The number of amides is 1. The van der Waals surface area contributed by atoms with Crippen molar-refractivity contribution in [2.45, 2.75) is 31.4 Å². The van der Waals surface area contributed by atoms with E-state index in [0.29, 0.717) is 19.5 Å². The van der Waals surface area contributed by atoms with Crippen molar-refractivity contribution in [3.63, 3.8) is 0 Å². The molecule has 1 aliphatic heterocycles. The van der Waals surface area contributed by atoms with Gasteiger partial charge in [-0.25, -0.2) is 0 Å². The predicted octanol–water partition coefficient (Wildman–Crippen LogP) is 0.730. The summed E-state index contributed by atoms with van der Waals surface area (Å²) in [5, 5.41) is 21.5. The molecule has 2 heterocycles. The van der Waals surface area contributed by atoms with Crippen LogP contribution in [0.3, 0.4) is 0 Å². The van der Waals surface area contributed by atoms with Gasteiger partial charge in [-0.05, 0) is 31.5 Å². The number of hydrogen-bond acceptors (Lipinski definition) is 5. The number of carbonyl (C=O) groups excluding carboxylic acids is 1. The van der Waals surface area contributed by atoms with Crippen molar-refractivity contribution in [3.8, 4) is 5.69 Å². The summed E-state index contributed by atoms with van der Waals surface area (Å²) in [6.45, 7) is 1.92. The zero-order valence-electron chi connectivity index (χ0n) is 13.9. The maximum Gasteiger partial charge on any atom is 0.222 e. The standard InChI is InChI=1S/C17H23N5O2/c1-18-16(23)10-17(24)8-5-9-21(12-17)11-15-20-19-13-22(15)14-6-3-2-4-7-14/h2-4,6-7,13,24H,5,8-12H2,1H3,(H,18,23). The molecular weight excluding hydrogens is 306 g/mol. The average molecular weight is 329 g/mol. The molecule has 2 aromatic rings. The first-order chi connectivity index (χ1) is 11.6. The fourth-order valence-corrected chi connectivity index (χ4v) is 3.24. The molecule has 0 saturated carbocycles. The Hall–Kier alpha value is -2.25. The SMILES string of the molecule is CNC(=O)CC1(O)CCCN(Cc2nncn2-c2ccccc2)C1. The highest BCUT2D eigenvalue weighted by Gasteiger charge is 2.35. The molecule has 0 spiro atoms. The summed E-state index contributed by atoms with van der Waals surface area (Å²) in [4.78, 5) is 13.8. The summed E-state index contributed by atoms with van der Waals surface area (Å²) in [5.41, 5.74) is 0.0331. The third kappa shape index (κ3) is 3.80. The summed E-state index contributed by atoms with van der Waals surface area (Å²) in [6.07, 6.45) is 3.33. The summed E-state index contributed by atoms with van der Waals surface area (Å²) < 4.78 is 1.95. The van der Waals surface area contributed by atoms with Crippen molar-refractivity contribution in [2.24, 2.45) is 0 Å². The second kappa shape index (κ2) is 7.11. The van der Waals surface area contributed by atoms with Gasteiger partial charge in [0.2, 0.25) is 5.91 Å². The molecule has 3 rings (SSSR count). The topological polar surface area (TPSA) is 83.3 Å². The van der Waals surface area contributed by atoms with Crippen molar-refractivity contribution in [2.75, 3.05) is 20.1 Å². The van der Waals surface area contributed by atoms with Gasteiger partial charge in [-0.15, -0.1) is 10.2 Å². The molecular formula is C17H23N5O2. The number of piperidine rings is 1. The van der Waals surface area contributed by atoms with E-state index < -0.39 is 5.60 Å². The molecule has 1 aromatic carbocycles. The van der Waals surface area contributed by atoms with Gasteiger partial charge in [0.25, 0.3) is 0 Å². The molecule has 0 bridgehead atoms. The van der Waals surface area contributed by atoms with Gasteiger partial charge in [0, 0.05) is 19.3 Å². The number of aromatic nitrogens is 3. The van der Waals surface area contributed by atoms with Crippen molar-refractivity contribution in [3.05, 3.63) is 42.5 Å². The van der Waals surface area contributed by atoms with E-state index in [1.54, 1.807) is 13.4 Å². The van der Waals surface area contributed by atoms with Crippen LogP contribution in [0.15, 0.2) is 36.7 Å². The van der Waals surface area contributed by atoms with Gasteiger partial charge in [-0.1, -0.05) is 18.2 Å². The van der Waals surface area contributed by atoms with E-state index in [1.807, 2.05) is 34.9 Å². The van der Waals surface area contributed by atoms with Crippen LogP contribution in [0.4, 0.5) is 0 Å². The van der Waals surface area contributed by atoms with Crippen LogP contribution in [0.2, 0.25) is 0 Å². The van der Waals surface area contributed by atoms with Gasteiger partial charge in [-0.2, -0.15) is 0 Å². The van der Waals surface area contributed by atoms with Gasteiger partial charge in [0.15, 0.2) is 5.82 Å². The minimum atomic E-state index is -0.976. The molecule has 1 saturated heterocycles. The molecule has 0 radical (unpaired) electrons. The van der Waals surface area contributed by atoms with Crippen LogP contribution in [0.5, 0.6) is 0 Å². The number of hydrogen-bond donors (Lipinski definition) is 2. The third-order valence-electron chi connectivity index (χ3n) is 4.42. The number of nitrogens with zero attached hydrogens (tertiary/aromatic N) is 4. The first kappa shape index (κ1) is 16.6. The lowest BCUT2D eigenvalue weighted by Gasteiger charge is -2.38. The molecule has 1 aromatic heterocycles. The molecule has 1 amide bonds. The number of carbonyl (C=O) groups is 1. The van der Waals surface area contributed by atoms with E-state index in [0.717, 1.165) is 24.5 Å². The van der Waals surface area contributed by atoms with E-state index in [-0.39, 0.29) is 12.3 Å². The number of benzene rings is 1. The Balaban J connectivity index is 1.71. The Morgan fingerprint density at radius 2 is 2.17 bits per heavy atom. The summed E-state index contributed by atoms with van der Waals surface area (Å²) in [5.74, 6) is 0.692. The number of rotatable bonds is 5. The number of likely N-dealkylation sites (tertiary alicyclic amines) is 1. The van der Waals surface area contributed by atoms with Crippen LogP contribution in [-0.4, -0.2) is 56.4 Å². The molecule has 1 atom stereocenters. The molecule has 1 unspecified atom stereocenters. The third-order valence-corrected chi connectivity index (χ3v) is 4.42.